The molecule has 1 aliphatic heterocycles. The highest BCUT2D eigenvalue weighted by Gasteiger charge is 2.53. The summed E-state index contributed by atoms with van der Waals surface area (Å²) in [6.45, 7) is 12.9. The van der Waals surface area contributed by atoms with Gasteiger partial charge in [0.15, 0.2) is 5.69 Å². The maximum atomic E-state index is 12.6. The summed E-state index contributed by atoms with van der Waals surface area (Å²) in [7, 11) is 0. The second kappa shape index (κ2) is 7.12. The monoisotopic (exact) mass is 410 g/mol. The van der Waals surface area contributed by atoms with Crippen LogP contribution in [0.15, 0.2) is 59.9 Å². The predicted octanol–water partition coefficient (Wildman–Crippen LogP) is 6.14. The number of rotatable bonds is 3. The van der Waals surface area contributed by atoms with E-state index in [4.69, 9.17) is 22.3 Å². The number of nitrogens with zero attached hydrogens (tertiary/aromatic N) is 2. The van der Waals surface area contributed by atoms with Crippen LogP contribution in [0.25, 0.3) is 11.1 Å². The standard InChI is InChI=1S/C24H28ClN3O/c1-23(2,3)22-27-13-14-28(22,24(4,5)6)20-12-9-17(15-19(20)21(26)29)16-7-10-18(25)11-8-16/h7-15H,1-6H3,(H-,26,29)/p+1. The molecule has 1 heterocycles. The smallest absolute Gasteiger partial charge is 0.254 e. The van der Waals surface area contributed by atoms with Crippen molar-refractivity contribution in [3.63, 3.8) is 0 Å². The van der Waals surface area contributed by atoms with Gasteiger partial charge in [-0.05, 0) is 76.9 Å². The van der Waals surface area contributed by atoms with E-state index in [1.165, 1.54) is 0 Å². The van der Waals surface area contributed by atoms with Crippen LogP contribution in [0, 0.1) is 5.41 Å². The molecule has 1 aliphatic rings. The number of carbonyl (C=O) groups excluding carboxylic acids is 1. The SMILES string of the molecule is CC(C)(C)C1=NC=C[N+]1(c1ccc(-c2ccc(Cl)cc2)cc1C(N)=O)C(C)(C)C. The Balaban J connectivity index is 2.28. The Kier molecular flexibility index (Phi) is 5.22. The second-order valence-electron chi connectivity index (χ2n) is 9.50. The molecule has 0 spiro atoms. The largest absolute Gasteiger partial charge is 0.365 e. The molecule has 1 unspecified atom stereocenters. The van der Waals surface area contributed by atoms with Crippen LogP contribution < -0.4 is 10.2 Å². The first-order valence-corrected chi connectivity index (χ1v) is 10.1. The molecule has 152 valence electrons. The number of carbonyl (C=O) groups is 1. The van der Waals surface area contributed by atoms with Crippen LogP contribution in [0.5, 0.6) is 0 Å². The minimum absolute atomic E-state index is 0.194. The molecular formula is C24H29ClN3O+. The van der Waals surface area contributed by atoms with E-state index in [0.29, 0.717) is 15.1 Å². The van der Waals surface area contributed by atoms with Crippen LogP contribution in [0.3, 0.4) is 0 Å². The first kappa shape index (κ1) is 21.3. The van der Waals surface area contributed by atoms with E-state index in [1.54, 1.807) is 0 Å². The Morgan fingerprint density at radius 3 is 2.07 bits per heavy atom. The number of quaternary nitrogens is 1. The molecule has 4 nitrogen and oxygen atoms in total. The molecule has 2 aromatic carbocycles. The fourth-order valence-electron chi connectivity index (χ4n) is 4.05. The van der Waals surface area contributed by atoms with Gasteiger partial charge in [0.25, 0.3) is 5.91 Å². The van der Waals surface area contributed by atoms with E-state index in [2.05, 4.69) is 47.7 Å². The summed E-state index contributed by atoms with van der Waals surface area (Å²) in [5.41, 5.74) is 8.64. The summed E-state index contributed by atoms with van der Waals surface area (Å²) >= 11 is 6.02. The van der Waals surface area contributed by atoms with E-state index in [1.807, 2.05) is 48.7 Å². The normalized spacial score (nSPS) is 19.3. The quantitative estimate of drug-likeness (QED) is 0.607. The number of hydrogen-bond donors (Lipinski definition) is 1. The third-order valence-corrected chi connectivity index (χ3v) is 5.62. The third kappa shape index (κ3) is 3.63. The van der Waals surface area contributed by atoms with E-state index in [0.717, 1.165) is 22.6 Å². The first-order valence-electron chi connectivity index (χ1n) is 9.74. The Morgan fingerprint density at radius 1 is 0.966 bits per heavy atom. The minimum Gasteiger partial charge on any atom is -0.365 e. The fourth-order valence-corrected chi connectivity index (χ4v) is 4.17. The molecule has 0 saturated carbocycles. The Bertz CT molecular complexity index is 1010. The lowest BCUT2D eigenvalue weighted by atomic mass is 9.86. The maximum Gasteiger partial charge on any atom is 0.254 e. The zero-order valence-corrected chi connectivity index (χ0v) is 18.7. The van der Waals surface area contributed by atoms with Gasteiger partial charge in [0.05, 0.1) is 11.6 Å². The maximum absolute atomic E-state index is 12.6. The zero-order chi connectivity index (χ0) is 21.6. The first-order chi connectivity index (χ1) is 13.4. The number of primary amides is 1. The Hall–Kier alpha value is -2.43. The van der Waals surface area contributed by atoms with Crippen molar-refractivity contribution in [3.8, 4) is 11.1 Å². The van der Waals surface area contributed by atoms with Crippen LogP contribution in [0.4, 0.5) is 5.69 Å². The molecule has 2 N–H and O–H groups in total. The topological polar surface area (TPSA) is 55.4 Å². The van der Waals surface area contributed by atoms with E-state index < -0.39 is 5.91 Å². The number of hydrogen-bond acceptors (Lipinski definition) is 2. The highest BCUT2D eigenvalue weighted by Crippen LogP contribution is 2.44. The van der Waals surface area contributed by atoms with E-state index >= 15 is 0 Å². The average molecular weight is 411 g/mol. The van der Waals surface area contributed by atoms with Gasteiger partial charge in [0.1, 0.15) is 17.3 Å². The Morgan fingerprint density at radius 2 is 1.55 bits per heavy atom. The minimum atomic E-state index is -0.453. The van der Waals surface area contributed by atoms with Crippen molar-refractivity contribution in [2.45, 2.75) is 47.1 Å². The molecule has 1 amide bonds. The third-order valence-electron chi connectivity index (χ3n) is 5.37. The molecule has 0 bridgehead atoms. The molecule has 29 heavy (non-hydrogen) atoms. The number of benzene rings is 2. The second-order valence-corrected chi connectivity index (χ2v) is 9.93. The highest BCUT2D eigenvalue weighted by atomic mass is 35.5. The summed E-state index contributed by atoms with van der Waals surface area (Å²) in [4.78, 5) is 17.3. The van der Waals surface area contributed by atoms with Crippen LogP contribution in [-0.4, -0.2) is 17.3 Å². The lowest BCUT2D eigenvalue weighted by molar-refractivity contribution is 0.0998. The van der Waals surface area contributed by atoms with Crippen LogP contribution in [0.2, 0.25) is 5.02 Å². The van der Waals surface area contributed by atoms with Gasteiger partial charge in [-0.2, -0.15) is 0 Å². The lowest BCUT2D eigenvalue weighted by Crippen LogP contribution is -2.64. The molecule has 0 aromatic heterocycles. The molecule has 2 aromatic rings. The van der Waals surface area contributed by atoms with Crippen LogP contribution in [0.1, 0.15) is 51.9 Å². The van der Waals surface area contributed by atoms with Gasteiger partial charge < -0.3 is 5.73 Å². The summed E-state index contributed by atoms with van der Waals surface area (Å²) in [6, 6.07) is 13.5. The zero-order valence-electron chi connectivity index (χ0n) is 18.0. The molecule has 3 rings (SSSR count). The molecule has 1 atom stereocenters. The average Bonchev–Trinajstić information content (AvgIpc) is 3.08. The lowest BCUT2D eigenvalue weighted by Gasteiger charge is -2.46. The predicted molar refractivity (Wildman–Crippen MR) is 123 cm³/mol. The molecule has 0 fully saturated rings. The van der Waals surface area contributed by atoms with Crippen LogP contribution in [-0.2, 0) is 0 Å². The van der Waals surface area contributed by atoms with Gasteiger partial charge in [-0.15, -0.1) is 0 Å². The summed E-state index contributed by atoms with van der Waals surface area (Å²) in [5.74, 6) is 0.526. The number of nitrogens with two attached hydrogens (primary N) is 1. The molecule has 0 aliphatic carbocycles. The Labute approximate surface area is 178 Å². The molecule has 0 radical (unpaired) electrons. The van der Waals surface area contributed by atoms with Gasteiger partial charge >= 0.3 is 0 Å². The molecule has 5 heteroatoms. The number of amides is 1. The van der Waals surface area contributed by atoms with Crippen molar-refractivity contribution in [2.24, 2.45) is 16.1 Å². The van der Waals surface area contributed by atoms with Crippen molar-refractivity contribution in [1.29, 1.82) is 0 Å². The van der Waals surface area contributed by atoms with Crippen molar-refractivity contribution in [1.82, 2.24) is 4.48 Å². The molecule has 0 saturated heterocycles. The van der Waals surface area contributed by atoms with Crippen molar-refractivity contribution >= 4 is 29.0 Å². The van der Waals surface area contributed by atoms with Crippen molar-refractivity contribution < 1.29 is 4.79 Å². The van der Waals surface area contributed by atoms with Crippen molar-refractivity contribution in [2.75, 3.05) is 0 Å². The van der Waals surface area contributed by atoms with Gasteiger partial charge in [0, 0.05) is 11.1 Å². The van der Waals surface area contributed by atoms with Gasteiger partial charge in [-0.25, -0.2) is 9.48 Å². The highest BCUT2D eigenvalue weighted by molar-refractivity contribution is 6.30. The van der Waals surface area contributed by atoms with Crippen LogP contribution >= 0.6 is 11.6 Å². The van der Waals surface area contributed by atoms with Gasteiger partial charge in [-0.3, -0.25) is 4.79 Å². The summed E-state index contributed by atoms with van der Waals surface area (Å²) < 4.78 is 0.357. The fraction of sp³-hybridized carbons (Fsp3) is 0.333. The van der Waals surface area contributed by atoms with E-state index in [9.17, 15) is 4.79 Å². The number of halogens is 1. The van der Waals surface area contributed by atoms with E-state index in [-0.39, 0.29) is 11.0 Å². The van der Waals surface area contributed by atoms with Crippen molar-refractivity contribution in [3.05, 3.63) is 65.5 Å². The molecular weight excluding hydrogens is 382 g/mol. The number of aliphatic imine (C=N–C) groups is 1. The van der Waals surface area contributed by atoms with Gasteiger partial charge in [0.2, 0.25) is 5.84 Å². The summed E-state index contributed by atoms with van der Waals surface area (Å²) in [6.07, 6.45) is 3.90. The van der Waals surface area contributed by atoms with Gasteiger partial charge in [-0.1, -0.05) is 23.7 Å². The summed E-state index contributed by atoms with van der Waals surface area (Å²) in [5, 5.41) is 0.672. The number of amidine groups is 1.